The third-order valence-electron chi connectivity index (χ3n) is 21.3. The van der Waals surface area contributed by atoms with E-state index in [1.54, 1.807) is 0 Å². The summed E-state index contributed by atoms with van der Waals surface area (Å²) >= 11 is 0. The molecule has 6 nitrogen and oxygen atoms in total. The minimum Gasteiger partial charge on any atom is -0.436 e. The fraction of sp³-hybridized carbons (Fsp3) is 0.0200. The monoisotopic (exact) mass is 1350 g/mol. The van der Waals surface area contributed by atoms with Gasteiger partial charge in [-0.1, -0.05) is 266 Å². The highest BCUT2D eigenvalue weighted by Gasteiger charge is 2.23. The Kier molecular flexibility index (Phi) is 14.9. The molecule has 4 aromatic heterocycles. The number of hydrogen-bond donors (Lipinski definition) is 0. The molecule has 0 N–H and O–H groups in total. The summed E-state index contributed by atoms with van der Waals surface area (Å²) in [5, 5.41) is 4.83. The van der Waals surface area contributed by atoms with E-state index in [0.717, 1.165) is 122 Å². The maximum Gasteiger partial charge on any atom is 0.227 e. The zero-order valence-corrected chi connectivity index (χ0v) is 58.2. The molecule has 0 amide bonds. The number of hydrogen-bond acceptors (Lipinski definition) is 4. The highest BCUT2D eigenvalue weighted by Crippen LogP contribution is 2.46. The van der Waals surface area contributed by atoms with Crippen LogP contribution in [-0.4, -0.2) is 19.1 Å². The zero-order chi connectivity index (χ0) is 70.3. The largest absolute Gasteiger partial charge is 0.436 e. The Morgan fingerprint density at radius 2 is 0.594 bits per heavy atom. The Hall–Kier alpha value is -13.9. The number of benzene rings is 16. The first-order valence-corrected chi connectivity index (χ1v) is 36.2. The average molecular weight is 1360 g/mol. The molecule has 0 bridgehead atoms. The topological polar surface area (TPSA) is 61.9 Å². The van der Waals surface area contributed by atoms with Crippen molar-refractivity contribution in [1.29, 1.82) is 0 Å². The quantitative estimate of drug-likeness (QED) is 0.115. The average Bonchev–Trinajstić information content (AvgIpc) is 1.57. The van der Waals surface area contributed by atoms with E-state index in [1.165, 1.54) is 77.1 Å². The number of oxazole rings is 2. The van der Waals surface area contributed by atoms with Gasteiger partial charge in [-0.15, -0.1) is 0 Å². The fourth-order valence-electron chi connectivity index (χ4n) is 16.1. The van der Waals surface area contributed by atoms with Crippen LogP contribution in [0.15, 0.2) is 373 Å². The summed E-state index contributed by atoms with van der Waals surface area (Å²) in [6.07, 6.45) is 0. The Balaban J connectivity index is 0.586. The molecule has 0 spiro atoms. The fourth-order valence-corrected chi connectivity index (χ4v) is 16.1. The van der Waals surface area contributed by atoms with Crippen LogP contribution in [0.4, 0.5) is 0 Å². The number of aromatic nitrogens is 4. The molecule has 0 atom stereocenters. The Labute approximate surface area is 613 Å². The third kappa shape index (κ3) is 10.7. The van der Waals surface area contributed by atoms with Crippen LogP contribution in [0.3, 0.4) is 0 Å². The SMILES string of the molecule is Cc1ccc(-c2ccc3nc(-c4ccc(-c5ccccc5-c5ccccc5-c5ccc6c(c5)c5cccc(-c7ccc(-c8ccc9nc(-c%10ccc(-c%11ccccc%11-c%11ccccc%11-c%11ccc%12c(c%11)c%11ccccc%11n%12-c%11ccccc%11)cc%10)oc9c8)cc7C)c5n6-c5ccccc5)cc4)oc3c2)cc1. The van der Waals surface area contributed by atoms with Gasteiger partial charge in [-0.25, -0.2) is 9.97 Å². The number of rotatable bonds is 13. The van der Waals surface area contributed by atoms with Crippen LogP contribution in [0.25, 0.3) is 200 Å². The summed E-state index contributed by atoms with van der Waals surface area (Å²) in [4.78, 5) is 9.96. The van der Waals surface area contributed by atoms with E-state index in [1.807, 2.05) is 6.07 Å². The van der Waals surface area contributed by atoms with Crippen molar-refractivity contribution in [2.45, 2.75) is 13.8 Å². The maximum absolute atomic E-state index is 6.67. The minimum absolute atomic E-state index is 0.585. The van der Waals surface area contributed by atoms with Gasteiger partial charge < -0.3 is 18.0 Å². The molecule has 498 valence electrons. The van der Waals surface area contributed by atoms with E-state index in [9.17, 15) is 0 Å². The zero-order valence-electron chi connectivity index (χ0n) is 58.2. The molecule has 20 rings (SSSR count). The molecule has 0 aliphatic carbocycles. The molecule has 0 saturated carbocycles. The molecule has 0 aliphatic heterocycles. The molecule has 0 saturated heterocycles. The van der Waals surface area contributed by atoms with Gasteiger partial charge >= 0.3 is 0 Å². The molecule has 4 heterocycles. The van der Waals surface area contributed by atoms with Gasteiger partial charge in [-0.05, 0) is 217 Å². The first kappa shape index (κ1) is 61.9. The number of fused-ring (bicyclic) bond motifs is 8. The normalized spacial score (nSPS) is 11.7. The summed E-state index contributed by atoms with van der Waals surface area (Å²) in [5.74, 6) is 1.19. The Morgan fingerprint density at radius 1 is 0.226 bits per heavy atom. The molecule has 0 fully saturated rings. The maximum atomic E-state index is 6.67. The predicted octanol–water partition coefficient (Wildman–Crippen LogP) is 27.1. The van der Waals surface area contributed by atoms with Gasteiger partial charge in [0.15, 0.2) is 11.2 Å². The van der Waals surface area contributed by atoms with Crippen molar-refractivity contribution in [3.05, 3.63) is 375 Å². The lowest BCUT2D eigenvalue weighted by Gasteiger charge is -2.15. The second-order valence-corrected chi connectivity index (χ2v) is 27.7. The van der Waals surface area contributed by atoms with Crippen LogP contribution in [0.1, 0.15) is 11.1 Å². The molecule has 0 aliphatic rings. The lowest BCUT2D eigenvalue weighted by atomic mass is 9.89. The van der Waals surface area contributed by atoms with Gasteiger partial charge in [-0.3, -0.25) is 0 Å². The highest BCUT2D eigenvalue weighted by molar-refractivity contribution is 6.16. The summed E-state index contributed by atoms with van der Waals surface area (Å²) < 4.78 is 17.9. The van der Waals surface area contributed by atoms with Crippen LogP contribution in [0, 0.1) is 13.8 Å². The van der Waals surface area contributed by atoms with Gasteiger partial charge in [0.2, 0.25) is 11.8 Å². The second-order valence-electron chi connectivity index (χ2n) is 27.7. The van der Waals surface area contributed by atoms with Crippen molar-refractivity contribution in [3.8, 4) is 134 Å². The van der Waals surface area contributed by atoms with Gasteiger partial charge in [0.05, 0.1) is 22.1 Å². The standard InChI is InChI=1S/C100H66N4O2/c1-63-36-38-65(39-37-63)71-49-54-91-96(61-71)105-99(101-91)68-44-40-67(41-45-68)79-25-10-14-29-83(79)85-31-16-12-27-81(85)74-52-57-95-90(60-74)88-34-19-33-87(98(88)104(95)76-22-7-4-8-23-76)77-53-48-70(58-64(77)2)72-50-55-92-97(62-72)106-100(102-92)69-46-42-66(43-47-69)78-24-9-13-28-82(78)84-30-15-11-26-80(84)73-51-56-94-89(59-73)86-32-17-18-35-93(86)103(94)75-20-5-3-6-21-75/h3-62H,1-2H3. The van der Waals surface area contributed by atoms with E-state index in [0.29, 0.717) is 11.8 Å². The smallest absolute Gasteiger partial charge is 0.227 e. The minimum atomic E-state index is 0.585. The molecule has 0 unspecified atom stereocenters. The highest BCUT2D eigenvalue weighted by atomic mass is 16.4. The van der Waals surface area contributed by atoms with Crippen LogP contribution < -0.4 is 0 Å². The molecule has 16 aromatic carbocycles. The summed E-state index contributed by atoms with van der Waals surface area (Å²) in [6.45, 7) is 4.34. The van der Waals surface area contributed by atoms with E-state index >= 15 is 0 Å². The van der Waals surface area contributed by atoms with Crippen molar-refractivity contribution in [2.75, 3.05) is 0 Å². The van der Waals surface area contributed by atoms with Crippen LogP contribution >= 0.6 is 0 Å². The number of aryl methyl sites for hydroxylation is 2. The van der Waals surface area contributed by atoms with Crippen molar-refractivity contribution in [3.63, 3.8) is 0 Å². The number of para-hydroxylation sites is 4. The van der Waals surface area contributed by atoms with Crippen molar-refractivity contribution >= 4 is 65.8 Å². The molecule has 106 heavy (non-hydrogen) atoms. The first-order valence-electron chi connectivity index (χ1n) is 36.2. The van der Waals surface area contributed by atoms with Crippen molar-refractivity contribution < 1.29 is 8.83 Å². The van der Waals surface area contributed by atoms with Gasteiger partial charge in [0.25, 0.3) is 0 Å². The van der Waals surface area contributed by atoms with Gasteiger partial charge in [-0.2, -0.15) is 0 Å². The third-order valence-corrected chi connectivity index (χ3v) is 21.3. The molecule has 6 heteroatoms. The Bertz CT molecular complexity index is 6810. The van der Waals surface area contributed by atoms with E-state index in [4.69, 9.17) is 18.8 Å². The van der Waals surface area contributed by atoms with Crippen LogP contribution in [-0.2, 0) is 0 Å². The summed E-state index contributed by atoms with van der Waals surface area (Å²) in [5.41, 5.74) is 34.9. The first-order chi connectivity index (χ1) is 52.3. The van der Waals surface area contributed by atoms with Gasteiger partial charge in [0.1, 0.15) is 11.0 Å². The molecule has 20 aromatic rings. The molecule has 0 radical (unpaired) electrons. The van der Waals surface area contributed by atoms with Crippen LogP contribution in [0.2, 0.25) is 0 Å². The van der Waals surface area contributed by atoms with Crippen molar-refractivity contribution in [1.82, 2.24) is 19.1 Å². The lowest BCUT2D eigenvalue weighted by Crippen LogP contribution is -1.96. The Morgan fingerprint density at radius 3 is 1.12 bits per heavy atom. The second kappa shape index (κ2) is 25.5. The molecular formula is C100H66N4O2. The van der Waals surface area contributed by atoms with E-state index in [-0.39, 0.29) is 0 Å². The van der Waals surface area contributed by atoms with E-state index in [2.05, 4.69) is 381 Å². The molecular weight excluding hydrogens is 1290 g/mol. The predicted molar refractivity (Wildman–Crippen MR) is 440 cm³/mol. The summed E-state index contributed by atoms with van der Waals surface area (Å²) in [6, 6.07) is 131. The summed E-state index contributed by atoms with van der Waals surface area (Å²) in [7, 11) is 0. The number of nitrogens with zero attached hydrogens (tertiary/aromatic N) is 4. The van der Waals surface area contributed by atoms with Crippen molar-refractivity contribution in [2.24, 2.45) is 0 Å². The van der Waals surface area contributed by atoms with E-state index < -0.39 is 0 Å². The van der Waals surface area contributed by atoms with Gasteiger partial charge in [0, 0.05) is 49.6 Å². The lowest BCUT2D eigenvalue weighted by molar-refractivity contribution is 0.619. The van der Waals surface area contributed by atoms with Crippen LogP contribution in [0.5, 0.6) is 0 Å².